The normalized spacial score (nSPS) is 10.2. The van der Waals surface area contributed by atoms with E-state index in [1.165, 1.54) is 10.1 Å². The molecule has 0 aliphatic carbocycles. The number of benzene rings is 1. The maximum absolute atomic E-state index is 5.64. The summed E-state index contributed by atoms with van der Waals surface area (Å²) in [5.41, 5.74) is 0. The summed E-state index contributed by atoms with van der Waals surface area (Å²) in [6, 6.07) is 12.2. The van der Waals surface area contributed by atoms with Crippen LogP contribution in [-0.2, 0) is 0 Å². The number of rotatable bonds is 0. The number of nitrogens with two attached hydrogens (primary N) is 1. The van der Waals surface area contributed by atoms with Crippen LogP contribution in [0.1, 0.15) is 0 Å². The predicted molar refractivity (Wildman–Crippen MR) is 46.9 cm³/mol. The van der Waals surface area contributed by atoms with Gasteiger partial charge in [-0.05, 0) is 17.5 Å². The van der Waals surface area contributed by atoms with Gasteiger partial charge in [0.1, 0.15) is 0 Å². The Morgan fingerprint density at radius 2 is 1.82 bits per heavy atom. The van der Waals surface area contributed by atoms with Crippen LogP contribution in [0.2, 0.25) is 0 Å². The lowest BCUT2D eigenvalue weighted by Crippen LogP contribution is -2.42. The molecule has 0 saturated carbocycles. The average molecular weight is 162 g/mol. The van der Waals surface area contributed by atoms with Gasteiger partial charge in [-0.3, -0.25) is 0 Å². The van der Waals surface area contributed by atoms with Crippen molar-refractivity contribution in [3.63, 3.8) is 0 Å². The minimum atomic E-state index is 0.865. The molecule has 0 bridgehead atoms. The highest BCUT2D eigenvalue weighted by atomic mass is 32.1. The van der Waals surface area contributed by atoms with E-state index in [-0.39, 0.29) is 0 Å². The Balaban J connectivity index is 2.94. The van der Waals surface area contributed by atoms with Gasteiger partial charge in [-0.1, -0.05) is 29.5 Å². The van der Waals surface area contributed by atoms with Crippen LogP contribution in [0.5, 0.6) is 0 Å². The molecule has 1 heterocycles. The highest BCUT2D eigenvalue weighted by Crippen LogP contribution is 2.13. The van der Waals surface area contributed by atoms with Gasteiger partial charge in [-0.15, -0.1) is 0 Å². The molecule has 0 unspecified atom stereocenters. The molecule has 1 aromatic heterocycles. The minimum absolute atomic E-state index is 0.865. The van der Waals surface area contributed by atoms with Crippen LogP contribution in [0.4, 0.5) is 0 Å². The van der Waals surface area contributed by atoms with E-state index in [2.05, 4.69) is 12.1 Å². The lowest BCUT2D eigenvalue weighted by atomic mass is 10.2. The van der Waals surface area contributed by atoms with Gasteiger partial charge >= 0.3 is 0 Å². The van der Waals surface area contributed by atoms with Crippen LogP contribution in [0.15, 0.2) is 36.4 Å². The molecule has 2 N–H and O–H groups in total. The zero-order valence-electron chi connectivity index (χ0n) is 5.95. The number of hydrogen-bond acceptors (Lipinski definition) is 1. The molecule has 0 spiro atoms. The van der Waals surface area contributed by atoms with Gasteiger partial charge in [0.15, 0.2) is 0 Å². The third kappa shape index (κ3) is 1.17. The van der Waals surface area contributed by atoms with E-state index < -0.39 is 0 Å². The second-order valence-electron chi connectivity index (χ2n) is 2.38. The van der Waals surface area contributed by atoms with Crippen molar-refractivity contribution in [2.45, 2.75) is 0 Å². The molecule has 2 aromatic rings. The van der Waals surface area contributed by atoms with E-state index >= 15 is 0 Å². The Morgan fingerprint density at radius 1 is 1.00 bits per heavy atom. The predicted octanol–water partition coefficient (Wildman–Crippen LogP) is 0.561. The lowest BCUT2D eigenvalue weighted by molar-refractivity contribution is -0.166. The Morgan fingerprint density at radius 3 is 2.73 bits per heavy atom. The molecular formula is C9H8NS+. The zero-order valence-corrected chi connectivity index (χ0v) is 6.77. The van der Waals surface area contributed by atoms with Crippen LogP contribution in [0.25, 0.3) is 10.1 Å². The van der Waals surface area contributed by atoms with Crippen LogP contribution in [0.3, 0.4) is 0 Å². The molecule has 11 heavy (non-hydrogen) atoms. The molecule has 0 aliphatic heterocycles. The van der Waals surface area contributed by atoms with E-state index in [9.17, 15) is 0 Å². The standard InChI is InChI=1S/C9H7NS/c10-9-6-5-7-3-1-2-4-8(7)11-9/h1-6,10H/p+1. The molecule has 0 aliphatic rings. The zero-order chi connectivity index (χ0) is 7.68. The fourth-order valence-corrected chi connectivity index (χ4v) is 1.83. The molecule has 1 nitrogen and oxygen atoms in total. The van der Waals surface area contributed by atoms with Crippen molar-refractivity contribution in [3.05, 3.63) is 41.1 Å². The van der Waals surface area contributed by atoms with Gasteiger partial charge in [0.2, 0.25) is 0 Å². The van der Waals surface area contributed by atoms with Crippen molar-refractivity contribution in [1.29, 1.82) is 0 Å². The Bertz CT molecular complexity index is 431. The molecule has 54 valence electrons. The van der Waals surface area contributed by atoms with Gasteiger partial charge in [0, 0.05) is 10.8 Å². The molecule has 0 radical (unpaired) electrons. The van der Waals surface area contributed by atoms with E-state index in [1.807, 2.05) is 24.3 Å². The van der Waals surface area contributed by atoms with Crippen LogP contribution in [-0.4, -0.2) is 0 Å². The average Bonchev–Trinajstić information content (AvgIpc) is 2.04. The highest BCUT2D eigenvalue weighted by molar-refractivity contribution is 7.15. The third-order valence-corrected chi connectivity index (χ3v) is 2.54. The van der Waals surface area contributed by atoms with Gasteiger partial charge in [-0.25, -0.2) is 5.41 Å². The first-order valence-electron chi connectivity index (χ1n) is 3.43. The first-order valence-corrected chi connectivity index (χ1v) is 4.25. The van der Waals surface area contributed by atoms with Gasteiger partial charge < -0.3 is 0 Å². The van der Waals surface area contributed by atoms with Gasteiger partial charge in [-0.2, -0.15) is 0 Å². The fraction of sp³-hybridized carbons (Fsp3) is 0. The van der Waals surface area contributed by atoms with Crippen molar-refractivity contribution in [2.75, 3.05) is 0 Å². The fourth-order valence-electron chi connectivity index (χ4n) is 1.04. The SMILES string of the molecule is [NH2+]=c1ccc2ccccc2s1. The summed E-state index contributed by atoms with van der Waals surface area (Å²) in [7, 11) is 0. The Hall–Kier alpha value is -1.15. The largest absolute Gasteiger partial charge is 0.253 e. The third-order valence-electron chi connectivity index (χ3n) is 1.57. The molecule has 1 aromatic carbocycles. The van der Waals surface area contributed by atoms with Crippen molar-refractivity contribution in [3.8, 4) is 0 Å². The van der Waals surface area contributed by atoms with E-state index in [4.69, 9.17) is 5.41 Å². The van der Waals surface area contributed by atoms with Gasteiger partial charge in [0.25, 0.3) is 4.67 Å². The van der Waals surface area contributed by atoms with Crippen molar-refractivity contribution in [2.24, 2.45) is 0 Å². The summed E-state index contributed by atoms with van der Waals surface area (Å²) in [5, 5.41) is 6.90. The molecule has 0 saturated heterocycles. The molecule has 0 amide bonds. The minimum Gasteiger partial charge on any atom is -0.245 e. The Labute approximate surface area is 68.4 Å². The second kappa shape index (κ2) is 2.47. The number of fused-ring (bicyclic) bond motifs is 1. The molecule has 0 atom stereocenters. The molecule has 2 rings (SSSR count). The maximum Gasteiger partial charge on any atom is 0.253 e. The summed E-state index contributed by atoms with van der Waals surface area (Å²) in [5.74, 6) is 0. The summed E-state index contributed by atoms with van der Waals surface area (Å²) in [6.45, 7) is 0. The van der Waals surface area contributed by atoms with Crippen LogP contribution >= 0.6 is 11.3 Å². The quantitative estimate of drug-likeness (QED) is 0.586. The molecule has 2 heteroatoms. The second-order valence-corrected chi connectivity index (χ2v) is 3.49. The number of hydrogen-bond donors (Lipinski definition) is 1. The molecular weight excluding hydrogens is 154 g/mol. The van der Waals surface area contributed by atoms with Gasteiger partial charge in [0.05, 0.1) is 0 Å². The van der Waals surface area contributed by atoms with E-state index in [0.29, 0.717) is 0 Å². The topological polar surface area (TPSA) is 25.6 Å². The smallest absolute Gasteiger partial charge is 0.245 e. The van der Waals surface area contributed by atoms with E-state index in [0.717, 1.165) is 4.67 Å². The molecule has 0 fully saturated rings. The van der Waals surface area contributed by atoms with Crippen LogP contribution < -0.4 is 10.1 Å². The van der Waals surface area contributed by atoms with Crippen LogP contribution in [0, 0.1) is 0 Å². The summed E-state index contributed by atoms with van der Waals surface area (Å²) >= 11 is 1.62. The highest BCUT2D eigenvalue weighted by Gasteiger charge is 1.91. The Kier molecular flexibility index (Phi) is 1.47. The summed E-state index contributed by atoms with van der Waals surface area (Å²) in [4.78, 5) is 0. The lowest BCUT2D eigenvalue weighted by Gasteiger charge is -1.90. The monoisotopic (exact) mass is 162 g/mol. The first kappa shape index (κ1) is 6.55. The van der Waals surface area contributed by atoms with Crippen molar-refractivity contribution >= 4 is 21.4 Å². The van der Waals surface area contributed by atoms with Crippen molar-refractivity contribution < 1.29 is 5.41 Å². The van der Waals surface area contributed by atoms with E-state index in [1.54, 1.807) is 11.3 Å². The van der Waals surface area contributed by atoms with Crippen molar-refractivity contribution in [1.82, 2.24) is 0 Å². The maximum atomic E-state index is 5.64. The summed E-state index contributed by atoms with van der Waals surface area (Å²) < 4.78 is 2.11. The first-order chi connectivity index (χ1) is 5.36. The summed E-state index contributed by atoms with van der Waals surface area (Å²) in [6.07, 6.45) is 0.